The van der Waals surface area contributed by atoms with Crippen molar-refractivity contribution in [1.82, 2.24) is 14.7 Å². The number of fused-ring (bicyclic) bond motifs is 1. The molecular formula is C19H23N3O5S. The molecule has 1 aromatic heterocycles. The largest absolute Gasteiger partial charge is 0.485 e. The lowest BCUT2D eigenvalue weighted by molar-refractivity contribution is -0.149. The molecular weight excluding hydrogens is 382 g/mol. The van der Waals surface area contributed by atoms with Gasteiger partial charge < -0.3 is 18.6 Å². The molecule has 2 aromatic rings. The van der Waals surface area contributed by atoms with Crippen molar-refractivity contribution in [3.05, 3.63) is 35.0 Å². The number of hydrogen-bond acceptors (Lipinski definition) is 8. The van der Waals surface area contributed by atoms with Gasteiger partial charge in [-0.25, -0.2) is 4.68 Å². The first-order chi connectivity index (χ1) is 13.6. The van der Waals surface area contributed by atoms with Gasteiger partial charge >= 0.3 is 5.97 Å². The van der Waals surface area contributed by atoms with Crippen molar-refractivity contribution < 1.29 is 23.4 Å². The third kappa shape index (κ3) is 4.05. The van der Waals surface area contributed by atoms with Crippen LogP contribution in [0.25, 0.3) is 0 Å². The molecule has 0 spiro atoms. The van der Waals surface area contributed by atoms with E-state index < -0.39 is 6.10 Å². The number of para-hydroxylation sites is 2. The normalized spacial score (nSPS) is 20.1. The van der Waals surface area contributed by atoms with Crippen LogP contribution in [0.3, 0.4) is 0 Å². The first-order valence-corrected chi connectivity index (χ1v) is 9.90. The van der Waals surface area contributed by atoms with Gasteiger partial charge in [0.2, 0.25) is 6.10 Å². The molecule has 1 saturated heterocycles. The van der Waals surface area contributed by atoms with E-state index >= 15 is 0 Å². The fraction of sp³-hybridized carbons (Fsp3) is 0.526. The summed E-state index contributed by atoms with van der Waals surface area (Å²) >= 11 is 5.32. The molecule has 2 aliphatic heterocycles. The van der Waals surface area contributed by atoms with Gasteiger partial charge in [0.1, 0.15) is 6.61 Å². The van der Waals surface area contributed by atoms with Gasteiger partial charge in [-0.3, -0.25) is 9.69 Å². The van der Waals surface area contributed by atoms with Crippen LogP contribution >= 0.6 is 12.2 Å². The number of nitrogens with zero attached hydrogens (tertiary/aromatic N) is 3. The lowest BCUT2D eigenvalue weighted by atomic mass is 9.97. The Morgan fingerprint density at radius 2 is 2.04 bits per heavy atom. The van der Waals surface area contributed by atoms with E-state index in [2.05, 4.69) is 10.00 Å². The molecule has 1 aromatic carbocycles. The minimum absolute atomic E-state index is 0.0232. The number of rotatable bonds is 5. The monoisotopic (exact) mass is 405 g/mol. The molecule has 1 atom stereocenters. The molecule has 8 nitrogen and oxygen atoms in total. The fourth-order valence-electron chi connectivity index (χ4n) is 3.44. The molecule has 4 rings (SSSR count). The highest BCUT2D eigenvalue weighted by atomic mass is 32.1. The molecule has 0 bridgehead atoms. The first kappa shape index (κ1) is 18.9. The zero-order valence-corrected chi connectivity index (χ0v) is 16.5. The lowest BCUT2D eigenvalue weighted by Crippen LogP contribution is -2.38. The van der Waals surface area contributed by atoms with E-state index in [0.717, 1.165) is 25.9 Å². The zero-order valence-electron chi connectivity index (χ0n) is 15.7. The van der Waals surface area contributed by atoms with Gasteiger partial charge in [-0.1, -0.05) is 12.1 Å². The van der Waals surface area contributed by atoms with Crippen molar-refractivity contribution in [2.75, 3.05) is 26.3 Å². The molecule has 0 saturated carbocycles. The molecule has 28 heavy (non-hydrogen) atoms. The number of esters is 1. The van der Waals surface area contributed by atoms with Gasteiger partial charge in [-0.2, -0.15) is 0 Å². The van der Waals surface area contributed by atoms with E-state index in [-0.39, 0.29) is 11.9 Å². The molecule has 0 radical (unpaired) electrons. The van der Waals surface area contributed by atoms with E-state index in [4.69, 9.17) is 30.8 Å². The molecule has 9 heteroatoms. The number of carbonyl (C=O) groups is 1. The Bertz CT molecular complexity index is 888. The number of likely N-dealkylation sites (tertiary alicyclic amines) is 1. The second-order valence-corrected chi connectivity index (χ2v) is 7.20. The number of benzene rings is 1. The molecule has 1 fully saturated rings. The third-order valence-electron chi connectivity index (χ3n) is 4.95. The van der Waals surface area contributed by atoms with Gasteiger partial charge in [0.15, 0.2) is 11.5 Å². The topological polar surface area (TPSA) is 79.0 Å². The molecule has 1 unspecified atom stereocenters. The average Bonchev–Trinajstić information content (AvgIpc) is 3.08. The quantitative estimate of drug-likeness (QED) is 0.555. The Hall–Kier alpha value is -2.39. The maximum absolute atomic E-state index is 11.9. The number of hydrogen-bond donors (Lipinski definition) is 0. The van der Waals surface area contributed by atoms with Gasteiger partial charge in [0, 0.05) is 13.1 Å². The van der Waals surface area contributed by atoms with Crippen LogP contribution in [0.5, 0.6) is 11.5 Å². The standard InChI is InChI=1S/C19H23N3O5S/c1-2-24-18(23)13-7-9-21(10-8-13)12-22-19(28)27-17(20-22)16-11-25-14-5-3-4-6-15(14)26-16/h3-6,13,16H,2,7-12H2,1H3. The zero-order chi connectivity index (χ0) is 19.5. The lowest BCUT2D eigenvalue weighted by Gasteiger charge is -2.30. The second-order valence-electron chi connectivity index (χ2n) is 6.86. The van der Waals surface area contributed by atoms with E-state index in [9.17, 15) is 4.79 Å². The molecule has 2 aliphatic rings. The Morgan fingerprint density at radius 3 is 2.79 bits per heavy atom. The highest BCUT2D eigenvalue weighted by Gasteiger charge is 2.29. The number of carbonyl (C=O) groups excluding carboxylic acids is 1. The van der Waals surface area contributed by atoms with Crippen LogP contribution in [0.2, 0.25) is 0 Å². The van der Waals surface area contributed by atoms with Crippen LogP contribution < -0.4 is 9.47 Å². The molecule has 0 aliphatic carbocycles. The number of aromatic nitrogens is 2. The van der Waals surface area contributed by atoms with Crippen LogP contribution in [0.4, 0.5) is 0 Å². The Balaban J connectivity index is 1.37. The van der Waals surface area contributed by atoms with Gasteiger partial charge in [-0.15, -0.1) is 5.10 Å². The van der Waals surface area contributed by atoms with Crippen LogP contribution in [0.15, 0.2) is 28.7 Å². The van der Waals surface area contributed by atoms with Crippen LogP contribution in [-0.4, -0.2) is 47.0 Å². The van der Waals surface area contributed by atoms with E-state index in [1.165, 1.54) is 0 Å². The summed E-state index contributed by atoms with van der Waals surface area (Å²) in [4.78, 5) is 14.4. The average molecular weight is 405 g/mol. The van der Waals surface area contributed by atoms with Crippen LogP contribution in [-0.2, 0) is 16.2 Å². The van der Waals surface area contributed by atoms with Gasteiger partial charge in [0.05, 0.1) is 19.2 Å². The van der Waals surface area contributed by atoms with E-state index in [1.807, 2.05) is 31.2 Å². The predicted octanol–water partition coefficient (Wildman–Crippen LogP) is 2.95. The fourth-order valence-corrected chi connectivity index (χ4v) is 3.63. The molecule has 0 N–H and O–H groups in total. The summed E-state index contributed by atoms with van der Waals surface area (Å²) in [5.74, 6) is 1.65. The predicted molar refractivity (Wildman–Crippen MR) is 102 cm³/mol. The highest BCUT2D eigenvalue weighted by Crippen LogP contribution is 2.35. The maximum atomic E-state index is 11.9. The molecule has 0 amide bonds. The van der Waals surface area contributed by atoms with E-state index in [0.29, 0.717) is 42.1 Å². The van der Waals surface area contributed by atoms with Crippen molar-refractivity contribution in [2.45, 2.75) is 32.5 Å². The van der Waals surface area contributed by atoms with Crippen molar-refractivity contribution in [3.63, 3.8) is 0 Å². The summed E-state index contributed by atoms with van der Waals surface area (Å²) in [6.45, 7) is 4.65. The Kier molecular flexibility index (Phi) is 5.63. The van der Waals surface area contributed by atoms with E-state index in [1.54, 1.807) is 4.68 Å². The Morgan fingerprint density at radius 1 is 1.29 bits per heavy atom. The summed E-state index contributed by atoms with van der Waals surface area (Å²) in [6, 6.07) is 7.49. The summed E-state index contributed by atoms with van der Waals surface area (Å²) in [5.41, 5.74) is 0. The van der Waals surface area contributed by atoms with Crippen LogP contribution in [0.1, 0.15) is 31.8 Å². The number of ether oxygens (including phenoxy) is 3. The van der Waals surface area contributed by atoms with Crippen molar-refractivity contribution in [3.8, 4) is 11.5 Å². The minimum atomic E-state index is -0.438. The number of piperidine rings is 1. The summed E-state index contributed by atoms with van der Waals surface area (Å²) in [5, 5.41) is 4.49. The summed E-state index contributed by atoms with van der Waals surface area (Å²) in [6.07, 6.45) is 1.10. The van der Waals surface area contributed by atoms with Crippen molar-refractivity contribution in [2.24, 2.45) is 5.92 Å². The third-order valence-corrected chi connectivity index (χ3v) is 5.24. The second kappa shape index (κ2) is 8.32. The SMILES string of the molecule is CCOC(=O)C1CCN(Cn2nc(C3COc4ccccc4O3)oc2=S)CC1. The summed E-state index contributed by atoms with van der Waals surface area (Å²) in [7, 11) is 0. The van der Waals surface area contributed by atoms with Crippen LogP contribution in [0, 0.1) is 10.8 Å². The maximum Gasteiger partial charge on any atom is 0.309 e. The van der Waals surface area contributed by atoms with Crippen molar-refractivity contribution in [1.29, 1.82) is 0 Å². The molecule has 150 valence electrons. The smallest absolute Gasteiger partial charge is 0.309 e. The van der Waals surface area contributed by atoms with Gasteiger partial charge in [0.25, 0.3) is 10.7 Å². The minimum Gasteiger partial charge on any atom is -0.485 e. The summed E-state index contributed by atoms with van der Waals surface area (Å²) < 4.78 is 24.1. The molecule has 3 heterocycles. The van der Waals surface area contributed by atoms with Gasteiger partial charge in [-0.05, 0) is 44.1 Å². The Labute approximate surface area is 168 Å². The van der Waals surface area contributed by atoms with Crippen molar-refractivity contribution >= 4 is 18.2 Å². The first-order valence-electron chi connectivity index (χ1n) is 9.49. The highest BCUT2D eigenvalue weighted by molar-refractivity contribution is 7.71.